The van der Waals surface area contributed by atoms with Crippen LogP contribution in [0.3, 0.4) is 0 Å². The van der Waals surface area contributed by atoms with Crippen LogP contribution in [0.5, 0.6) is 0 Å². The van der Waals surface area contributed by atoms with Crippen molar-refractivity contribution >= 4 is 12.0 Å². The van der Waals surface area contributed by atoms with Gasteiger partial charge in [-0.25, -0.2) is 4.79 Å². The Kier molecular flexibility index (Phi) is 5.30. The lowest BCUT2D eigenvalue weighted by molar-refractivity contribution is -0.137. The third kappa shape index (κ3) is 4.33. The Morgan fingerprint density at radius 3 is 3.00 bits per heavy atom. The average molecular weight is 240 g/mol. The molecule has 0 aromatic carbocycles. The first-order valence-electron chi connectivity index (χ1n) is 5.45. The summed E-state index contributed by atoms with van der Waals surface area (Å²) in [4.78, 5) is 23.5. The Morgan fingerprint density at radius 1 is 1.59 bits per heavy atom. The maximum Gasteiger partial charge on any atom is 0.318 e. The molecule has 0 spiro atoms. The van der Waals surface area contributed by atoms with E-state index < -0.39 is 5.97 Å². The Morgan fingerprint density at radius 2 is 2.35 bits per heavy atom. The molecule has 1 atom stereocenters. The van der Waals surface area contributed by atoms with Crippen LogP contribution >= 0.6 is 0 Å². The van der Waals surface area contributed by atoms with Gasteiger partial charge in [0.15, 0.2) is 0 Å². The first kappa shape index (κ1) is 13.3. The van der Waals surface area contributed by atoms with E-state index in [1.165, 1.54) is 4.90 Å². The van der Waals surface area contributed by atoms with E-state index in [4.69, 9.17) is 16.3 Å². The van der Waals surface area contributed by atoms with Gasteiger partial charge in [0.25, 0.3) is 0 Å². The van der Waals surface area contributed by atoms with Crippen LogP contribution in [0.4, 0.5) is 4.79 Å². The van der Waals surface area contributed by atoms with Gasteiger partial charge in [-0.05, 0) is 6.42 Å². The molecular weight excluding hydrogens is 224 g/mol. The number of carbonyl (C=O) groups excluding carboxylic acids is 1. The molecule has 1 unspecified atom stereocenters. The van der Waals surface area contributed by atoms with E-state index in [1.807, 2.05) is 0 Å². The fourth-order valence-electron chi connectivity index (χ4n) is 1.52. The van der Waals surface area contributed by atoms with Gasteiger partial charge in [0.1, 0.15) is 6.04 Å². The summed E-state index contributed by atoms with van der Waals surface area (Å²) in [5.41, 5.74) is 0. The van der Waals surface area contributed by atoms with Crippen molar-refractivity contribution < 1.29 is 19.4 Å². The van der Waals surface area contributed by atoms with Crippen molar-refractivity contribution in [3.05, 3.63) is 0 Å². The number of urea groups is 1. The van der Waals surface area contributed by atoms with Crippen molar-refractivity contribution in [2.75, 3.05) is 26.3 Å². The molecule has 1 rings (SSSR count). The van der Waals surface area contributed by atoms with Gasteiger partial charge >= 0.3 is 12.0 Å². The SMILES string of the molecule is C#CC1COCCN1C(=O)NCCCC(=O)O. The predicted molar refractivity (Wildman–Crippen MR) is 60.4 cm³/mol. The molecule has 6 heteroatoms. The van der Waals surface area contributed by atoms with Gasteiger partial charge in [-0.15, -0.1) is 6.42 Å². The quantitative estimate of drug-likeness (QED) is 0.531. The van der Waals surface area contributed by atoms with Crippen LogP contribution in [0.15, 0.2) is 0 Å². The third-order valence-corrected chi connectivity index (χ3v) is 2.43. The molecule has 1 fully saturated rings. The third-order valence-electron chi connectivity index (χ3n) is 2.43. The number of morpholine rings is 1. The largest absolute Gasteiger partial charge is 0.481 e. The average Bonchev–Trinajstić information content (AvgIpc) is 2.34. The number of terminal acetylenes is 1. The number of nitrogens with one attached hydrogen (secondary N) is 1. The van der Waals surface area contributed by atoms with Gasteiger partial charge in [0.2, 0.25) is 0 Å². The number of rotatable bonds is 4. The molecule has 94 valence electrons. The van der Waals surface area contributed by atoms with Crippen molar-refractivity contribution in [1.29, 1.82) is 0 Å². The lowest BCUT2D eigenvalue weighted by atomic mass is 10.2. The Hall–Kier alpha value is -1.74. The van der Waals surface area contributed by atoms with Crippen molar-refractivity contribution in [1.82, 2.24) is 10.2 Å². The van der Waals surface area contributed by atoms with Crippen LogP contribution in [0.1, 0.15) is 12.8 Å². The highest BCUT2D eigenvalue weighted by molar-refractivity contribution is 5.75. The van der Waals surface area contributed by atoms with Crippen LogP contribution in [-0.2, 0) is 9.53 Å². The molecule has 0 bridgehead atoms. The number of amides is 2. The molecule has 1 aliphatic heterocycles. The molecule has 0 aromatic rings. The zero-order valence-corrected chi connectivity index (χ0v) is 9.52. The number of ether oxygens (including phenoxy) is 1. The fraction of sp³-hybridized carbons (Fsp3) is 0.636. The van der Waals surface area contributed by atoms with E-state index in [9.17, 15) is 9.59 Å². The molecule has 6 nitrogen and oxygen atoms in total. The molecule has 0 radical (unpaired) electrons. The molecule has 2 N–H and O–H groups in total. The van der Waals surface area contributed by atoms with Crippen molar-refractivity contribution in [2.45, 2.75) is 18.9 Å². The maximum atomic E-state index is 11.7. The van der Waals surface area contributed by atoms with Crippen LogP contribution < -0.4 is 5.32 Å². The highest BCUT2D eigenvalue weighted by atomic mass is 16.5. The van der Waals surface area contributed by atoms with E-state index in [0.717, 1.165) is 0 Å². The van der Waals surface area contributed by atoms with Crippen LogP contribution in [0, 0.1) is 12.3 Å². The minimum Gasteiger partial charge on any atom is -0.481 e. The Balaban J connectivity index is 2.31. The topological polar surface area (TPSA) is 78.9 Å². The number of carboxylic acid groups (broad SMARTS) is 1. The lowest BCUT2D eigenvalue weighted by Crippen LogP contribution is -2.52. The zero-order chi connectivity index (χ0) is 12.7. The summed E-state index contributed by atoms with van der Waals surface area (Å²) in [6.45, 7) is 1.61. The van der Waals surface area contributed by atoms with Gasteiger partial charge in [0.05, 0.1) is 13.2 Å². The normalized spacial score (nSPS) is 19.5. The zero-order valence-electron chi connectivity index (χ0n) is 9.52. The number of hydrogen-bond donors (Lipinski definition) is 2. The predicted octanol–water partition coefficient (Wildman–Crippen LogP) is -0.105. The highest BCUT2D eigenvalue weighted by Crippen LogP contribution is 2.06. The standard InChI is InChI=1S/C11H16N2O4/c1-2-9-8-17-7-6-13(9)11(16)12-5-3-4-10(14)15/h1,9H,3-8H2,(H,12,16)(H,14,15). The summed E-state index contributed by atoms with van der Waals surface area (Å²) in [6.07, 6.45) is 5.75. The molecular formula is C11H16N2O4. The van der Waals surface area contributed by atoms with Crippen molar-refractivity contribution in [3.8, 4) is 12.3 Å². The first-order valence-corrected chi connectivity index (χ1v) is 5.45. The second-order valence-corrected chi connectivity index (χ2v) is 3.68. The van der Waals surface area contributed by atoms with E-state index >= 15 is 0 Å². The summed E-state index contributed by atoms with van der Waals surface area (Å²) in [5, 5.41) is 11.1. The summed E-state index contributed by atoms with van der Waals surface area (Å²) >= 11 is 0. The minimum atomic E-state index is -0.868. The maximum absolute atomic E-state index is 11.7. The number of nitrogens with zero attached hydrogens (tertiary/aromatic N) is 1. The van der Waals surface area contributed by atoms with Crippen molar-refractivity contribution in [3.63, 3.8) is 0 Å². The van der Waals surface area contributed by atoms with Crippen molar-refractivity contribution in [2.24, 2.45) is 0 Å². The number of carbonyl (C=O) groups is 2. The second kappa shape index (κ2) is 6.76. The second-order valence-electron chi connectivity index (χ2n) is 3.68. The molecule has 0 aromatic heterocycles. The molecule has 0 aliphatic carbocycles. The highest BCUT2D eigenvalue weighted by Gasteiger charge is 2.25. The Labute approximate surface area is 99.9 Å². The van der Waals surface area contributed by atoms with E-state index in [1.54, 1.807) is 0 Å². The number of hydrogen-bond acceptors (Lipinski definition) is 3. The lowest BCUT2D eigenvalue weighted by Gasteiger charge is -2.32. The summed E-state index contributed by atoms with van der Waals surface area (Å²) in [5.74, 6) is 1.62. The molecule has 2 amide bonds. The van der Waals surface area contributed by atoms with Gasteiger partial charge in [-0.2, -0.15) is 0 Å². The molecule has 17 heavy (non-hydrogen) atoms. The first-order chi connectivity index (χ1) is 8.15. The monoisotopic (exact) mass is 240 g/mol. The van der Waals surface area contributed by atoms with E-state index in [2.05, 4.69) is 11.2 Å². The molecule has 1 aliphatic rings. The van der Waals surface area contributed by atoms with Gasteiger partial charge < -0.3 is 20.1 Å². The fourth-order valence-corrected chi connectivity index (χ4v) is 1.52. The molecule has 0 saturated carbocycles. The van der Waals surface area contributed by atoms with Crippen LogP contribution in [0.2, 0.25) is 0 Å². The van der Waals surface area contributed by atoms with Gasteiger partial charge in [-0.1, -0.05) is 5.92 Å². The van der Waals surface area contributed by atoms with Crippen LogP contribution in [0.25, 0.3) is 0 Å². The molecule has 1 saturated heterocycles. The Bertz CT molecular complexity index is 324. The van der Waals surface area contributed by atoms with Crippen LogP contribution in [-0.4, -0.2) is 54.4 Å². The van der Waals surface area contributed by atoms with Gasteiger partial charge in [-0.3, -0.25) is 4.79 Å². The summed E-state index contributed by atoms with van der Waals surface area (Å²) in [7, 11) is 0. The van der Waals surface area contributed by atoms with E-state index in [0.29, 0.717) is 32.7 Å². The van der Waals surface area contributed by atoms with Gasteiger partial charge in [0, 0.05) is 19.5 Å². The van der Waals surface area contributed by atoms with E-state index in [-0.39, 0.29) is 18.5 Å². The molecule has 1 heterocycles. The smallest absolute Gasteiger partial charge is 0.318 e. The minimum absolute atomic E-state index is 0.0436. The summed E-state index contributed by atoms with van der Waals surface area (Å²) < 4.78 is 5.17. The summed E-state index contributed by atoms with van der Waals surface area (Å²) in [6, 6.07) is -0.607. The number of aliphatic carboxylic acids is 1. The number of carboxylic acids is 1.